The Hall–Kier alpha value is -2.01. The van der Waals surface area contributed by atoms with Gasteiger partial charge in [0.1, 0.15) is 5.82 Å². The zero-order valence-corrected chi connectivity index (χ0v) is 15.9. The van der Waals surface area contributed by atoms with Crippen LogP contribution in [0.2, 0.25) is 0 Å². The molecule has 4 rings (SSSR count). The number of halogens is 1. The summed E-state index contributed by atoms with van der Waals surface area (Å²) in [6, 6.07) is 0. The van der Waals surface area contributed by atoms with Gasteiger partial charge in [-0.25, -0.2) is 13.4 Å². The Morgan fingerprint density at radius 2 is 2.08 bits per heavy atom. The number of aromatic amines is 1. The highest BCUT2D eigenvalue weighted by atomic mass is 79.9. The molecule has 0 amide bonds. The van der Waals surface area contributed by atoms with Crippen molar-refractivity contribution >= 4 is 37.4 Å². The van der Waals surface area contributed by atoms with E-state index in [1.165, 1.54) is 16.6 Å². The molecule has 9 nitrogen and oxygen atoms in total. The van der Waals surface area contributed by atoms with E-state index in [0.29, 0.717) is 22.6 Å². The highest BCUT2D eigenvalue weighted by Crippen LogP contribution is 2.21. The lowest BCUT2D eigenvalue weighted by molar-refractivity contribution is 0.592. The molecule has 1 aliphatic rings. The molecule has 0 atom stereocenters. The maximum Gasteiger partial charge on any atom is 0.252 e. The summed E-state index contributed by atoms with van der Waals surface area (Å²) in [6.07, 6.45) is 6.97. The molecule has 0 bridgehead atoms. The third-order valence-corrected chi connectivity index (χ3v) is 5.46. The highest BCUT2D eigenvalue weighted by molar-refractivity contribution is 9.10. The summed E-state index contributed by atoms with van der Waals surface area (Å²) >= 11 is 3.32. The zero-order chi connectivity index (χ0) is 17.6. The number of hydrogen-bond acceptors (Lipinski definition) is 7. The minimum absolute atomic E-state index is 0.248. The number of anilines is 1. The summed E-state index contributed by atoms with van der Waals surface area (Å²) < 4.78 is 25.8. The van der Waals surface area contributed by atoms with Crippen molar-refractivity contribution < 1.29 is 8.42 Å². The number of imidazole rings is 1. The van der Waals surface area contributed by atoms with Gasteiger partial charge in [0, 0.05) is 11.9 Å². The van der Waals surface area contributed by atoms with Gasteiger partial charge in [-0.15, -0.1) is 0 Å². The first-order chi connectivity index (χ1) is 11.9. The molecule has 0 spiro atoms. The first kappa shape index (κ1) is 16.5. The lowest BCUT2D eigenvalue weighted by atomic mass is 10.0. The maximum atomic E-state index is 11.9. The van der Waals surface area contributed by atoms with E-state index in [4.69, 9.17) is 0 Å². The predicted molar refractivity (Wildman–Crippen MR) is 94.1 cm³/mol. The molecule has 11 heteroatoms. The fraction of sp³-hybridized carbons (Fsp3) is 0.429. The van der Waals surface area contributed by atoms with E-state index in [1.807, 2.05) is 0 Å². The number of rotatable bonds is 4. The summed E-state index contributed by atoms with van der Waals surface area (Å²) in [5, 5.41) is 7.04. The number of aryl methyl sites for hydroxylation is 2. The molecule has 3 aromatic rings. The average molecular weight is 426 g/mol. The molecule has 3 heterocycles. The molecule has 2 N–H and O–H groups in total. The molecule has 25 heavy (non-hydrogen) atoms. The van der Waals surface area contributed by atoms with E-state index in [-0.39, 0.29) is 5.16 Å². The Morgan fingerprint density at radius 1 is 1.28 bits per heavy atom. The van der Waals surface area contributed by atoms with Crippen LogP contribution in [0.25, 0.3) is 5.65 Å². The van der Waals surface area contributed by atoms with Crippen molar-refractivity contribution in [3.05, 3.63) is 27.9 Å². The molecule has 0 aromatic carbocycles. The van der Waals surface area contributed by atoms with Gasteiger partial charge in [-0.3, -0.25) is 0 Å². The molecule has 3 aromatic heterocycles. The third kappa shape index (κ3) is 3.13. The van der Waals surface area contributed by atoms with Crippen molar-refractivity contribution in [2.24, 2.45) is 0 Å². The normalized spacial score (nSPS) is 14.6. The molecule has 1 aliphatic carbocycles. The zero-order valence-electron chi connectivity index (χ0n) is 13.5. The van der Waals surface area contributed by atoms with Crippen LogP contribution in [0.5, 0.6) is 0 Å². The Morgan fingerprint density at radius 3 is 2.84 bits per heavy atom. The van der Waals surface area contributed by atoms with Crippen LogP contribution in [0.1, 0.15) is 30.1 Å². The summed E-state index contributed by atoms with van der Waals surface area (Å²) in [4.78, 5) is 16.1. The molecular weight excluding hydrogens is 410 g/mol. The van der Waals surface area contributed by atoms with Crippen molar-refractivity contribution in [3.63, 3.8) is 0 Å². The first-order valence-corrected chi connectivity index (χ1v) is 10.5. The van der Waals surface area contributed by atoms with Crippen LogP contribution in [-0.2, 0) is 29.2 Å². The van der Waals surface area contributed by atoms with Crippen molar-refractivity contribution in [2.45, 2.75) is 37.4 Å². The van der Waals surface area contributed by atoms with Crippen LogP contribution in [0.15, 0.2) is 15.8 Å². The number of hydrogen-bond donors (Lipinski definition) is 2. The number of aromatic nitrogens is 6. The van der Waals surface area contributed by atoms with Crippen LogP contribution >= 0.6 is 15.9 Å². The molecule has 132 valence electrons. The van der Waals surface area contributed by atoms with Crippen LogP contribution in [0.3, 0.4) is 0 Å². The van der Waals surface area contributed by atoms with Gasteiger partial charge >= 0.3 is 0 Å². The summed E-state index contributed by atoms with van der Waals surface area (Å²) in [5.41, 5.74) is 2.70. The molecule has 0 saturated carbocycles. The summed E-state index contributed by atoms with van der Waals surface area (Å²) in [7, 11) is -3.54. The van der Waals surface area contributed by atoms with Crippen LogP contribution < -0.4 is 5.32 Å². The lowest BCUT2D eigenvalue weighted by Gasteiger charge is -2.07. The third-order valence-electron chi connectivity index (χ3n) is 4.05. The fourth-order valence-corrected chi connectivity index (χ4v) is 3.72. The Labute approximate surface area is 152 Å². The van der Waals surface area contributed by atoms with Crippen LogP contribution in [-0.4, -0.2) is 44.2 Å². The fourth-order valence-electron chi connectivity index (χ4n) is 2.87. The van der Waals surface area contributed by atoms with E-state index in [0.717, 1.165) is 37.0 Å². The molecule has 0 saturated heterocycles. The molecule has 0 fully saturated rings. The van der Waals surface area contributed by atoms with Gasteiger partial charge in [0.2, 0.25) is 15.8 Å². The van der Waals surface area contributed by atoms with E-state index < -0.39 is 9.84 Å². The lowest BCUT2D eigenvalue weighted by Crippen LogP contribution is -2.13. The number of nitrogens with zero attached hydrogens (tertiary/aromatic N) is 5. The largest absolute Gasteiger partial charge is 0.347 e. The van der Waals surface area contributed by atoms with E-state index in [1.54, 1.807) is 6.20 Å². The Bertz CT molecular complexity index is 1030. The van der Waals surface area contributed by atoms with Gasteiger partial charge in [0.05, 0.1) is 22.9 Å². The topological polar surface area (TPSA) is 118 Å². The number of H-pyrrole nitrogens is 1. The first-order valence-electron chi connectivity index (χ1n) is 7.83. The number of sulfone groups is 1. The summed E-state index contributed by atoms with van der Waals surface area (Å²) in [6.45, 7) is 0.389. The van der Waals surface area contributed by atoms with Crippen molar-refractivity contribution in [2.75, 3.05) is 11.6 Å². The number of nitrogens with one attached hydrogen (secondary N) is 2. The second kappa shape index (κ2) is 6.06. The predicted octanol–water partition coefficient (Wildman–Crippen LogP) is 1.50. The SMILES string of the molecule is CS(=O)(=O)c1nc(NCc2nc3c([nH]2)CCCC3)n2ncc(Br)c2n1. The Balaban J connectivity index is 1.67. The molecular formula is C14H16BrN7O2S. The number of fused-ring (bicyclic) bond motifs is 2. The second-order valence-electron chi connectivity index (χ2n) is 6.00. The van der Waals surface area contributed by atoms with Gasteiger partial charge in [-0.1, -0.05) is 0 Å². The van der Waals surface area contributed by atoms with Gasteiger partial charge in [0.15, 0.2) is 5.65 Å². The van der Waals surface area contributed by atoms with Gasteiger partial charge in [-0.05, 0) is 41.6 Å². The van der Waals surface area contributed by atoms with Gasteiger partial charge in [-0.2, -0.15) is 19.6 Å². The smallest absolute Gasteiger partial charge is 0.252 e. The highest BCUT2D eigenvalue weighted by Gasteiger charge is 2.19. The molecule has 0 radical (unpaired) electrons. The maximum absolute atomic E-state index is 11.9. The van der Waals surface area contributed by atoms with Gasteiger partial charge in [0.25, 0.3) is 5.16 Å². The van der Waals surface area contributed by atoms with Crippen LogP contribution in [0, 0.1) is 0 Å². The van der Waals surface area contributed by atoms with Crippen molar-refractivity contribution in [1.82, 2.24) is 29.5 Å². The van der Waals surface area contributed by atoms with E-state index in [9.17, 15) is 8.42 Å². The summed E-state index contributed by atoms with van der Waals surface area (Å²) in [5.74, 6) is 1.09. The quantitative estimate of drug-likeness (QED) is 0.649. The van der Waals surface area contributed by atoms with Crippen LogP contribution in [0.4, 0.5) is 5.95 Å². The Kier molecular flexibility index (Phi) is 3.99. The minimum atomic E-state index is -3.54. The van der Waals surface area contributed by atoms with Gasteiger partial charge < -0.3 is 10.3 Å². The molecule has 0 unspecified atom stereocenters. The second-order valence-corrected chi connectivity index (χ2v) is 8.76. The average Bonchev–Trinajstić information content (AvgIpc) is 3.15. The molecule has 0 aliphatic heterocycles. The van der Waals surface area contributed by atoms with Crippen molar-refractivity contribution in [3.8, 4) is 0 Å². The minimum Gasteiger partial charge on any atom is -0.347 e. The van der Waals surface area contributed by atoms with Crippen molar-refractivity contribution in [1.29, 1.82) is 0 Å². The standard InChI is InChI=1S/C14H16BrN7O2S/c1-25(23,24)14-20-12-8(15)6-17-22(12)13(21-14)16-7-11-18-9-4-2-3-5-10(9)19-11/h6H,2-5,7H2,1H3,(H,18,19)(H,16,20,21). The van der Waals surface area contributed by atoms with E-state index >= 15 is 0 Å². The van der Waals surface area contributed by atoms with E-state index in [2.05, 4.69) is 46.3 Å². The monoisotopic (exact) mass is 425 g/mol.